The average Bonchev–Trinajstić information content (AvgIpc) is 3.16. The number of anilines is 1. The first-order chi connectivity index (χ1) is 14.3. The first-order valence-electron chi connectivity index (χ1n) is 9.56. The molecule has 30 heavy (non-hydrogen) atoms. The van der Waals surface area contributed by atoms with Gasteiger partial charge < -0.3 is 10.4 Å². The van der Waals surface area contributed by atoms with Crippen molar-refractivity contribution in [2.75, 3.05) is 11.9 Å². The van der Waals surface area contributed by atoms with Gasteiger partial charge in [0.2, 0.25) is 0 Å². The molecule has 0 radical (unpaired) electrons. The average molecular weight is 436 g/mol. The number of aliphatic hydroxyl groups excluding tert-OH is 1. The molecule has 3 aromatic rings. The Bertz CT molecular complexity index is 1060. The smallest absolute Gasteiger partial charge is 0.396 e. The minimum Gasteiger partial charge on any atom is -0.396 e. The molecule has 10 heteroatoms. The number of fused-ring (bicyclic) bond motifs is 1. The molecule has 1 amide bonds. The van der Waals surface area contributed by atoms with Crippen molar-refractivity contribution in [2.45, 2.75) is 37.8 Å². The number of aromatic nitrogens is 3. The van der Waals surface area contributed by atoms with E-state index in [0.717, 1.165) is 53.0 Å². The summed E-state index contributed by atoms with van der Waals surface area (Å²) in [5.74, 6) is 0.173. The highest BCUT2D eigenvalue weighted by Gasteiger charge is 2.33. The third kappa shape index (κ3) is 4.44. The second-order valence-electron chi connectivity index (χ2n) is 7.35. The second-order valence-corrected chi connectivity index (χ2v) is 8.41. The maximum Gasteiger partial charge on any atom is 0.433 e. The minimum atomic E-state index is -4.62. The van der Waals surface area contributed by atoms with Crippen molar-refractivity contribution in [3.05, 3.63) is 46.9 Å². The summed E-state index contributed by atoms with van der Waals surface area (Å²) in [6, 6.07) is 4.84. The molecule has 0 aromatic carbocycles. The van der Waals surface area contributed by atoms with Crippen molar-refractivity contribution >= 4 is 33.3 Å². The van der Waals surface area contributed by atoms with Crippen molar-refractivity contribution in [1.29, 1.82) is 0 Å². The van der Waals surface area contributed by atoms with E-state index in [1.165, 1.54) is 17.4 Å². The van der Waals surface area contributed by atoms with Gasteiger partial charge in [-0.2, -0.15) is 13.2 Å². The summed E-state index contributed by atoms with van der Waals surface area (Å²) in [5, 5.41) is 12.8. The normalized spacial score (nSPS) is 19.7. The van der Waals surface area contributed by atoms with E-state index in [9.17, 15) is 23.1 Å². The SMILES string of the molecule is O=C(Nc1cc2sc(C3CCC(CO)CC3)nc2cn1)c1cccc(C(F)(F)F)n1. The maximum atomic E-state index is 12.8. The first-order valence-corrected chi connectivity index (χ1v) is 10.4. The molecule has 0 spiro atoms. The molecule has 1 saturated carbocycles. The van der Waals surface area contributed by atoms with Gasteiger partial charge in [0, 0.05) is 18.6 Å². The molecular weight excluding hydrogens is 417 g/mol. The molecule has 3 aromatic heterocycles. The Kier molecular flexibility index (Phi) is 5.70. The van der Waals surface area contributed by atoms with Gasteiger partial charge in [0.25, 0.3) is 5.91 Å². The van der Waals surface area contributed by atoms with Crippen molar-refractivity contribution < 1.29 is 23.1 Å². The van der Waals surface area contributed by atoms with Gasteiger partial charge in [-0.05, 0) is 43.7 Å². The summed E-state index contributed by atoms with van der Waals surface area (Å²) in [6.45, 7) is 0.222. The van der Waals surface area contributed by atoms with Crippen LogP contribution < -0.4 is 5.32 Å². The fourth-order valence-corrected chi connectivity index (χ4v) is 4.73. The number of alkyl halides is 3. The number of thiazole rings is 1. The van der Waals surface area contributed by atoms with Gasteiger partial charge in [-0.1, -0.05) is 6.07 Å². The molecular formula is C20H19F3N4O2S. The molecule has 0 saturated heterocycles. The number of carbonyl (C=O) groups is 1. The van der Waals surface area contributed by atoms with Gasteiger partial charge in [0.1, 0.15) is 17.2 Å². The van der Waals surface area contributed by atoms with Crippen LogP contribution in [0.2, 0.25) is 0 Å². The third-order valence-electron chi connectivity index (χ3n) is 5.26. The summed E-state index contributed by atoms with van der Waals surface area (Å²) in [6.07, 6.45) is 0.820. The van der Waals surface area contributed by atoms with Crippen LogP contribution >= 0.6 is 11.3 Å². The van der Waals surface area contributed by atoms with Crippen molar-refractivity contribution in [1.82, 2.24) is 15.0 Å². The van der Waals surface area contributed by atoms with Crippen LogP contribution in [0.15, 0.2) is 30.5 Å². The van der Waals surface area contributed by atoms with E-state index in [4.69, 9.17) is 0 Å². The number of pyridine rings is 2. The topological polar surface area (TPSA) is 88.0 Å². The Morgan fingerprint density at radius 1 is 1.20 bits per heavy atom. The van der Waals surface area contributed by atoms with Gasteiger partial charge in [0.05, 0.1) is 21.4 Å². The second kappa shape index (κ2) is 8.27. The predicted molar refractivity (Wildman–Crippen MR) is 106 cm³/mol. The molecule has 0 atom stereocenters. The highest BCUT2D eigenvalue weighted by molar-refractivity contribution is 7.18. The number of hydrogen-bond donors (Lipinski definition) is 2. The molecule has 0 bridgehead atoms. The third-order valence-corrected chi connectivity index (χ3v) is 6.44. The molecule has 3 heterocycles. The molecule has 1 aliphatic carbocycles. The molecule has 6 nitrogen and oxygen atoms in total. The monoisotopic (exact) mass is 436 g/mol. The fraction of sp³-hybridized carbons (Fsp3) is 0.400. The Labute approximate surface area is 174 Å². The van der Waals surface area contributed by atoms with E-state index in [2.05, 4.69) is 20.3 Å². The van der Waals surface area contributed by atoms with E-state index in [1.807, 2.05) is 0 Å². The van der Waals surface area contributed by atoms with E-state index in [1.54, 1.807) is 12.3 Å². The van der Waals surface area contributed by atoms with Gasteiger partial charge >= 0.3 is 6.18 Å². The predicted octanol–water partition coefficient (Wildman–Crippen LogP) is 4.62. The molecule has 0 aliphatic heterocycles. The van der Waals surface area contributed by atoms with Crippen LogP contribution in [-0.4, -0.2) is 32.6 Å². The summed E-state index contributed by atoms with van der Waals surface area (Å²) in [7, 11) is 0. The number of aliphatic hydroxyl groups is 1. The Balaban J connectivity index is 1.49. The maximum absolute atomic E-state index is 12.8. The Morgan fingerprint density at radius 3 is 2.67 bits per heavy atom. The Hall–Kier alpha value is -2.59. The van der Waals surface area contributed by atoms with Gasteiger partial charge in [-0.3, -0.25) is 4.79 Å². The van der Waals surface area contributed by atoms with Gasteiger partial charge in [0.15, 0.2) is 0 Å². The molecule has 4 rings (SSSR count). The van der Waals surface area contributed by atoms with Gasteiger partial charge in [-0.25, -0.2) is 15.0 Å². The number of nitrogens with one attached hydrogen (secondary N) is 1. The number of amides is 1. The van der Waals surface area contributed by atoms with Crippen LogP contribution in [0.4, 0.5) is 19.0 Å². The van der Waals surface area contributed by atoms with Crippen molar-refractivity contribution in [3.63, 3.8) is 0 Å². The molecule has 1 fully saturated rings. The lowest BCUT2D eigenvalue weighted by atomic mass is 9.83. The van der Waals surface area contributed by atoms with E-state index in [0.29, 0.717) is 11.8 Å². The highest BCUT2D eigenvalue weighted by atomic mass is 32.1. The number of carbonyl (C=O) groups excluding carboxylic acids is 1. The first kappa shape index (κ1) is 20.7. The molecule has 1 aliphatic rings. The van der Waals surface area contributed by atoms with E-state index >= 15 is 0 Å². The lowest BCUT2D eigenvalue weighted by molar-refractivity contribution is -0.141. The highest BCUT2D eigenvalue weighted by Crippen LogP contribution is 2.39. The number of nitrogens with zero attached hydrogens (tertiary/aromatic N) is 3. The summed E-state index contributed by atoms with van der Waals surface area (Å²) in [5.41, 5.74) is -0.742. The molecule has 0 unspecified atom stereocenters. The van der Waals surface area contributed by atoms with Crippen molar-refractivity contribution in [2.24, 2.45) is 5.92 Å². The van der Waals surface area contributed by atoms with Crippen LogP contribution in [-0.2, 0) is 6.18 Å². The summed E-state index contributed by atoms with van der Waals surface area (Å²) in [4.78, 5) is 24.5. The van der Waals surface area contributed by atoms with Crippen LogP contribution in [0.1, 0.15) is 52.8 Å². The standard InChI is InChI=1S/C20H19F3N4O2S/c21-20(22,23)16-3-1-2-13(25-16)18(29)27-17-8-15-14(9-24-17)26-19(30-15)12-6-4-11(10-28)5-7-12/h1-3,8-9,11-12,28H,4-7,10H2,(H,24,27,29). The zero-order chi connectivity index (χ0) is 21.3. The van der Waals surface area contributed by atoms with Gasteiger partial charge in [-0.15, -0.1) is 11.3 Å². The van der Waals surface area contributed by atoms with Crippen molar-refractivity contribution in [3.8, 4) is 0 Å². The summed E-state index contributed by atoms with van der Waals surface area (Å²) >= 11 is 1.53. The minimum absolute atomic E-state index is 0.222. The molecule has 158 valence electrons. The number of halogens is 3. The van der Waals surface area contributed by atoms with Crippen LogP contribution in [0.25, 0.3) is 10.2 Å². The largest absolute Gasteiger partial charge is 0.433 e. The fourth-order valence-electron chi connectivity index (χ4n) is 3.58. The Morgan fingerprint density at radius 2 is 1.97 bits per heavy atom. The number of hydrogen-bond acceptors (Lipinski definition) is 6. The zero-order valence-electron chi connectivity index (χ0n) is 15.8. The lowest BCUT2D eigenvalue weighted by Gasteiger charge is -2.25. The number of rotatable bonds is 4. The van der Waals surface area contributed by atoms with Crippen LogP contribution in [0.3, 0.4) is 0 Å². The quantitative estimate of drug-likeness (QED) is 0.623. The van der Waals surface area contributed by atoms with E-state index in [-0.39, 0.29) is 18.1 Å². The van der Waals surface area contributed by atoms with E-state index < -0.39 is 17.8 Å². The summed E-state index contributed by atoms with van der Waals surface area (Å²) < 4.78 is 39.3. The van der Waals surface area contributed by atoms with Crippen LogP contribution in [0.5, 0.6) is 0 Å². The lowest BCUT2D eigenvalue weighted by Crippen LogP contribution is -2.17. The zero-order valence-corrected chi connectivity index (χ0v) is 16.6. The molecule has 2 N–H and O–H groups in total. The van der Waals surface area contributed by atoms with Crippen LogP contribution in [0, 0.1) is 5.92 Å².